The number of aldehydes is 1. The van der Waals surface area contributed by atoms with Gasteiger partial charge in [-0.3, -0.25) is 14.9 Å². The van der Waals surface area contributed by atoms with Crippen molar-refractivity contribution in [3.63, 3.8) is 0 Å². The zero-order valence-corrected chi connectivity index (χ0v) is 10.4. The molecule has 1 aromatic heterocycles. The third-order valence-corrected chi connectivity index (χ3v) is 3.26. The molecule has 0 N–H and O–H groups in total. The van der Waals surface area contributed by atoms with E-state index in [-0.39, 0.29) is 16.5 Å². The number of non-ortho nitro benzene ring substituents is 1. The third kappa shape index (κ3) is 2.66. The molecule has 5 nitrogen and oxygen atoms in total. The van der Waals surface area contributed by atoms with Gasteiger partial charge in [0.05, 0.1) is 20.9 Å². The van der Waals surface area contributed by atoms with Gasteiger partial charge < -0.3 is 4.74 Å². The van der Waals surface area contributed by atoms with Crippen molar-refractivity contribution >= 4 is 34.9 Å². The average molecular weight is 284 g/mol. The SMILES string of the molecule is O=Cc1ccc(Oc2cc([N+](=O)[O-])ccc2Cl)s1. The van der Waals surface area contributed by atoms with Gasteiger partial charge in [0.25, 0.3) is 5.69 Å². The van der Waals surface area contributed by atoms with Crippen LogP contribution in [0, 0.1) is 10.1 Å². The quantitative estimate of drug-likeness (QED) is 0.484. The van der Waals surface area contributed by atoms with E-state index in [2.05, 4.69) is 0 Å². The first-order valence-corrected chi connectivity index (χ1v) is 5.96. The minimum atomic E-state index is -0.533. The van der Waals surface area contributed by atoms with Crippen LogP contribution in [0.3, 0.4) is 0 Å². The minimum Gasteiger partial charge on any atom is -0.445 e. The van der Waals surface area contributed by atoms with Crippen LogP contribution >= 0.6 is 22.9 Å². The fraction of sp³-hybridized carbons (Fsp3) is 0. The lowest BCUT2D eigenvalue weighted by Gasteiger charge is -2.04. The summed E-state index contributed by atoms with van der Waals surface area (Å²) < 4.78 is 5.41. The Morgan fingerprint density at radius 1 is 1.33 bits per heavy atom. The number of hydrogen-bond acceptors (Lipinski definition) is 5. The normalized spacial score (nSPS) is 10.1. The zero-order valence-electron chi connectivity index (χ0n) is 8.83. The highest BCUT2D eigenvalue weighted by Crippen LogP contribution is 2.35. The van der Waals surface area contributed by atoms with Gasteiger partial charge in [0, 0.05) is 6.07 Å². The highest BCUT2D eigenvalue weighted by atomic mass is 35.5. The van der Waals surface area contributed by atoms with Crippen molar-refractivity contribution in [3.05, 3.63) is 50.3 Å². The second kappa shape index (κ2) is 5.16. The molecule has 0 spiro atoms. The number of ether oxygens (including phenoxy) is 1. The summed E-state index contributed by atoms with van der Waals surface area (Å²) in [5.41, 5.74) is -0.110. The number of benzene rings is 1. The van der Waals surface area contributed by atoms with Crippen molar-refractivity contribution in [2.75, 3.05) is 0 Å². The first-order chi connectivity index (χ1) is 8.60. The van der Waals surface area contributed by atoms with Crippen LogP contribution in [0.4, 0.5) is 5.69 Å². The van der Waals surface area contributed by atoms with Gasteiger partial charge in [-0.1, -0.05) is 22.9 Å². The average Bonchev–Trinajstić information content (AvgIpc) is 2.79. The Morgan fingerprint density at radius 2 is 2.11 bits per heavy atom. The lowest BCUT2D eigenvalue weighted by Crippen LogP contribution is -1.89. The molecule has 0 aliphatic carbocycles. The van der Waals surface area contributed by atoms with Gasteiger partial charge in [0.2, 0.25) is 0 Å². The monoisotopic (exact) mass is 283 g/mol. The van der Waals surface area contributed by atoms with Crippen LogP contribution < -0.4 is 4.74 Å². The second-order valence-corrected chi connectivity index (χ2v) is 4.73. The number of rotatable bonds is 4. The van der Waals surface area contributed by atoms with Crippen molar-refractivity contribution < 1.29 is 14.5 Å². The summed E-state index contributed by atoms with van der Waals surface area (Å²) in [6, 6.07) is 7.12. The Hall–Kier alpha value is -1.92. The van der Waals surface area contributed by atoms with Gasteiger partial charge in [-0.25, -0.2) is 0 Å². The molecular weight excluding hydrogens is 278 g/mol. The number of carbonyl (C=O) groups excluding carboxylic acids is 1. The topological polar surface area (TPSA) is 69.4 Å². The smallest absolute Gasteiger partial charge is 0.273 e. The summed E-state index contributed by atoms with van der Waals surface area (Å²) in [5, 5.41) is 11.3. The Bertz CT molecular complexity index is 611. The van der Waals surface area contributed by atoms with Crippen molar-refractivity contribution in [2.45, 2.75) is 0 Å². The van der Waals surface area contributed by atoms with Crippen LogP contribution in [0.25, 0.3) is 0 Å². The molecule has 18 heavy (non-hydrogen) atoms. The zero-order chi connectivity index (χ0) is 13.1. The van der Waals surface area contributed by atoms with Gasteiger partial charge in [-0.2, -0.15) is 0 Å². The fourth-order valence-corrected chi connectivity index (χ4v) is 2.08. The van der Waals surface area contributed by atoms with E-state index in [1.54, 1.807) is 12.1 Å². The molecule has 2 rings (SSSR count). The van der Waals surface area contributed by atoms with Crippen LogP contribution in [0.15, 0.2) is 30.3 Å². The molecule has 2 aromatic rings. The summed E-state index contributed by atoms with van der Waals surface area (Å²) in [6.45, 7) is 0. The maximum Gasteiger partial charge on any atom is 0.273 e. The van der Waals surface area contributed by atoms with E-state index in [0.717, 1.165) is 11.3 Å². The molecule has 0 saturated carbocycles. The molecule has 7 heteroatoms. The molecule has 0 saturated heterocycles. The van der Waals surface area contributed by atoms with Crippen LogP contribution in [0.1, 0.15) is 9.67 Å². The first kappa shape index (κ1) is 12.5. The van der Waals surface area contributed by atoms with Gasteiger partial charge in [-0.15, -0.1) is 0 Å². The summed E-state index contributed by atoms with van der Waals surface area (Å²) in [5.74, 6) is 0.185. The predicted octanol–water partition coefficient (Wildman–Crippen LogP) is 3.91. The molecule has 92 valence electrons. The van der Waals surface area contributed by atoms with Gasteiger partial charge in [-0.05, 0) is 18.2 Å². The van der Waals surface area contributed by atoms with E-state index in [1.807, 2.05) is 0 Å². The molecule has 1 aromatic carbocycles. The molecule has 0 unspecified atom stereocenters. The summed E-state index contributed by atoms with van der Waals surface area (Å²) in [6.07, 6.45) is 0.701. The lowest BCUT2D eigenvalue weighted by molar-refractivity contribution is -0.384. The van der Waals surface area contributed by atoms with Gasteiger partial charge >= 0.3 is 0 Å². The summed E-state index contributed by atoms with van der Waals surface area (Å²) in [7, 11) is 0. The van der Waals surface area contributed by atoms with E-state index >= 15 is 0 Å². The number of hydrogen-bond donors (Lipinski definition) is 0. The van der Waals surface area contributed by atoms with Crippen LogP contribution in [-0.2, 0) is 0 Å². The van der Waals surface area contributed by atoms with Gasteiger partial charge in [0.1, 0.15) is 0 Å². The molecule has 0 fully saturated rings. The summed E-state index contributed by atoms with van der Waals surface area (Å²) >= 11 is 7.01. The molecule has 0 amide bonds. The Labute approximate surface area is 111 Å². The standard InChI is InChI=1S/C11H6ClNO4S/c12-9-3-1-7(13(15)16)5-10(9)17-11-4-2-8(6-14)18-11/h1-6H. The third-order valence-electron chi connectivity index (χ3n) is 2.05. The molecule has 0 atom stereocenters. The Kier molecular flexibility index (Phi) is 3.59. The highest BCUT2D eigenvalue weighted by molar-refractivity contribution is 7.15. The largest absolute Gasteiger partial charge is 0.445 e. The number of thiophene rings is 1. The van der Waals surface area contributed by atoms with Crippen molar-refractivity contribution in [2.24, 2.45) is 0 Å². The van der Waals surface area contributed by atoms with Crippen molar-refractivity contribution in [1.29, 1.82) is 0 Å². The summed E-state index contributed by atoms with van der Waals surface area (Å²) in [4.78, 5) is 21.1. The Morgan fingerprint density at radius 3 is 2.72 bits per heavy atom. The van der Waals surface area contributed by atoms with E-state index < -0.39 is 4.92 Å². The van der Waals surface area contributed by atoms with E-state index in [9.17, 15) is 14.9 Å². The highest BCUT2D eigenvalue weighted by Gasteiger charge is 2.12. The predicted molar refractivity (Wildman–Crippen MR) is 67.9 cm³/mol. The minimum absolute atomic E-state index is 0.110. The Balaban J connectivity index is 2.30. The van der Waals surface area contributed by atoms with Gasteiger partial charge in [0.15, 0.2) is 17.1 Å². The van der Waals surface area contributed by atoms with E-state index in [1.165, 1.54) is 18.2 Å². The molecule has 0 aliphatic heterocycles. The van der Waals surface area contributed by atoms with Crippen molar-refractivity contribution in [1.82, 2.24) is 0 Å². The molecule has 1 heterocycles. The number of halogens is 1. The van der Waals surface area contributed by atoms with Crippen LogP contribution in [0.5, 0.6) is 10.8 Å². The van der Waals surface area contributed by atoms with E-state index in [0.29, 0.717) is 16.2 Å². The maximum atomic E-state index is 10.6. The van der Waals surface area contributed by atoms with E-state index in [4.69, 9.17) is 16.3 Å². The maximum absolute atomic E-state index is 10.6. The molecular formula is C11H6ClNO4S. The van der Waals surface area contributed by atoms with Crippen molar-refractivity contribution in [3.8, 4) is 10.8 Å². The second-order valence-electron chi connectivity index (χ2n) is 3.25. The molecule has 0 bridgehead atoms. The fourth-order valence-electron chi connectivity index (χ4n) is 1.24. The number of carbonyl (C=O) groups is 1. The van der Waals surface area contributed by atoms with Crippen LogP contribution in [-0.4, -0.2) is 11.2 Å². The molecule has 0 radical (unpaired) electrons. The number of nitro benzene ring substituents is 1. The molecule has 0 aliphatic rings. The first-order valence-electron chi connectivity index (χ1n) is 4.77. The lowest BCUT2D eigenvalue weighted by atomic mass is 10.3. The number of nitro groups is 1. The van der Waals surface area contributed by atoms with Crippen LogP contribution in [0.2, 0.25) is 5.02 Å². The number of nitrogens with zero attached hydrogens (tertiary/aromatic N) is 1.